The average Bonchev–Trinajstić information content (AvgIpc) is 2.72. The fourth-order valence-electron chi connectivity index (χ4n) is 1.58. The molecule has 0 unspecified atom stereocenters. The van der Waals surface area contributed by atoms with Crippen molar-refractivity contribution >= 4 is 42.3 Å². The Morgan fingerprint density at radius 3 is 2.78 bits per heavy atom. The Kier molecular flexibility index (Phi) is 10.7. The van der Waals surface area contributed by atoms with E-state index in [0.29, 0.717) is 6.54 Å². The lowest BCUT2D eigenvalue weighted by molar-refractivity contribution is 0.804. The molecule has 0 saturated heterocycles. The fraction of sp³-hybridized carbons (Fsp3) is 0.267. The summed E-state index contributed by atoms with van der Waals surface area (Å²) in [5, 5.41) is 13.2. The molecule has 0 radical (unpaired) electrons. The molecule has 0 amide bonds. The predicted molar refractivity (Wildman–Crippen MR) is 101 cm³/mol. The number of guanidine groups is 2. The number of halogens is 1. The zero-order valence-corrected chi connectivity index (χ0v) is 13.9. The van der Waals surface area contributed by atoms with Crippen molar-refractivity contribution in [1.82, 2.24) is 5.32 Å². The zero-order valence-electron chi connectivity index (χ0n) is 13.1. The van der Waals surface area contributed by atoms with Gasteiger partial charge in [-0.05, 0) is 24.1 Å². The minimum absolute atomic E-state index is 0. The van der Waals surface area contributed by atoms with E-state index in [1.807, 2.05) is 36.4 Å². The number of benzene rings is 1. The van der Waals surface area contributed by atoms with Gasteiger partial charge in [0.15, 0.2) is 11.9 Å². The molecule has 1 aromatic carbocycles. The van der Waals surface area contributed by atoms with Crippen molar-refractivity contribution in [3.63, 3.8) is 0 Å². The third-order valence-corrected chi connectivity index (χ3v) is 2.64. The number of hydrogen-bond donors (Lipinski definition) is 5. The summed E-state index contributed by atoms with van der Waals surface area (Å²) in [6, 6.07) is 8.05. The molecule has 0 saturated carbocycles. The van der Waals surface area contributed by atoms with Crippen molar-refractivity contribution in [2.24, 2.45) is 21.6 Å². The number of fused-ring (bicyclic) bond motifs is 1. The Morgan fingerprint density at radius 1 is 1.35 bits per heavy atom. The van der Waals surface area contributed by atoms with Crippen molar-refractivity contribution in [2.45, 2.75) is 19.8 Å². The number of nitrogens with two attached hydrogens (primary N) is 2. The van der Waals surface area contributed by atoms with Gasteiger partial charge in [-0.1, -0.05) is 37.6 Å². The summed E-state index contributed by atoms with van der Waals surface area (Å²) in [6.07, 6.45) is 7.76. The van der Waals surface area contributed by atoms with E-state index >= 15 is 0 Å². The molecule has 0 fully saturated rings. The number of rotatable bonds is 3. The maximum atomic E-state index is 6.81. The second-order valence-electron chi connectivity index (χ2n) is 4.50. The van der Waals surface area contributed by atoms with Crippen molar-refractivity contribution in [3.05, 3.63) is 35.9 Å². The van der Waals surface area contributed by atoms with E-state index in [0.717, 1.165) is 18.5 Å². The van der Waals surface area contributed by atoms with Crippen LogP contribution in [0.3, 0.4) is 0 Å². The van der Waals surface area contributed by atoms with Crippen LogP contribution in [0.1, 0.15) is 25.3 Å². The van der Waals surface area contributed by atoms with E-state index in [1.165, 1.54) is 5.56 Å². The molecule has 1 aliphatic rings. The number of hydrogen-bond acceptors (Lipinski definition) is 4. The van der Waals surface area contributed by atoms with E-state index in [1.54, 1.807) is 6.21 Å². The largest absolute Gasteiger partial charge is 0.370 e. The Hall–Kier alpha value is -2.54. The first-order valence-electron chi connectivity index (χ1n) is 7.09. The topological polar surface area (TPSA) is 125 Å². The van der Waals surface area contributed by atoms with E-state index < -0.39 is 0 Å². The van der Waals surface area contributed by atoms with Gasteiger partial charge in [0.05, 0.1) is 5.69 Å². The number of unbranched alkanes of at least 4 members (excludes halogenated alkanes) is 1. The second-order valence-corrected chi connectivity index (χ2v) is 4.50. The van der Waals surface area contributed by atoms with Gasteiger partial charge < -0.3 is 11.5 Å². The molecule has 1 aliphatic heterocycles. The first-order chi connectivity index (χ1) is 10.6. The quantitative estimate of drug-likeness (QED) is 0.329. The SMILES string of the molecule is C1=Cc2ccccc2NN=C1.CCCCN=C(N)NC(=N)N.Cl. The average molecular weight is 338 g/mol. The Labute approximate surface area is 142 Å². The molecule has 0 spiro atoms. The highest BCUT2D eigenvalue weighted by atomic mass is 35.5. The highest BCUT2D eigenvalue weighted by Crippen LogP contribution is 2.17. The van der Waals surface area contributed by atoms with E-state index in [-0.39, 0.29) is 24.3 Å². The molecule has 1 aromatic rings. The van der Waals surface area contributed by atoms with Crippen LogP contribution in [0.5, 0.6) is 0 Å². The van der Waals surface area contributed by atoms with Gasteiger partial charge in [0, 0.05) is 12.8 Å². The van der Waals surface area contributed by atoms with Gasteiger partial charge in [0.2, 0.25) is 0 Å². The summed E-state index contributed by atoms with van der Waals surface area (Å²) in [4.78, 5) is 3.92. The number of aliphatic imine (C=N–C) groups is 1. The van der Waals surface area contributed by atoms with E-state index in [2.05, 4.69) is 27.8 Å². The fourth-order valence-corrected chi connectivity index (χ4v) is 1.58. The summed E-state index contributed by atoms with van der Waals surface area (Å²) in [7, 11) is 0. The molecule has 0 aliphatic carbocycles. The van der Waals surface area contributed by atoms with Crippen LogP contribution in [-0.4, -0.2) is 24.7 Å². The second kappa shape index (κ2) is 12.0. The molecule has 7 N–H and O–H groups in total. The first kappa shape index (κ1) is 20.5. The normalized spacial score (nSPS) is 11.8. The van der Waals surface area contributed by atoms with Gasteiger partial charge in [-0.2, -0.15) is 5.10 Å². The summed E-state index contributed by atoms with van der Waals surface area (Å²) in [6.45, 7) is 2.76. The Morgan fingerprint density at radius 2 is 2.09 bits per heavy atom. The lowest BCUT2D eigenvalue weighted by Crippen LogP contribution is -2.40. The van der Waals surface area contributed by atoms with Crippen LogP contribution in [0.4, 0.5) is 5.69 Å². The zero-order chi connectivity index (χ0) is 16.2. The molecule has 0 bridgehead atoms. The maximum absolute atomic E-state index is 6.81. The smallest absolute Gasteiger partial charge is 0.195 e. The molecule has 2 rings (SSSR count). The lowest BCUT2D eigenvalue weighted by Gasteiger charge is -2.00. The minimum atomic E-state index is -0.178. The standard InChI is InChI=1S/C9H8N2.C6H15N5.ClH/c1-2-6-9-8(4-1)5-3-7-10-11-9;1-2-3-4-10-6(9)11-5(7)8;/h1-7,11H;2-4H2,1H3,(H6,7,8,9,10,11);1H. The van der Waals surface area contributed by atoms with Crippen LogP contribution in [0.25, 0.3) is 6.08 Å². The van der Waals surface area contributed by atoms with Crippen LogP contribution < -0.4 is 22.2 Å². The van der Waals surface area contributed by atoms with Gasteiger partial charge in [-0.3, -0.25) is 21.1 Å². The highest BCUT2D eigenvalue weighted by Gasteiger charge is 1.96. The first-order valence-corrected chi connectivity index (χ1v) is 7.09. The van der Waals surface area contributed by atoms with Crippen LogP contribution >= 0.6 is 12.4 Å². The van der Waals surface area contributed by atoms with Crippen LogP contribution in [0.2, 0.25) is 0 Å². The predicted octanol–water partition coefficient (Wildman–Crippen LogP) is 2.12. The van der Waals surface area contributed by atoms with Crippen molar-refractivity contribution in [3.8, 4) is 0 Å². The minimum Gasteiger partial charge on any atom is -0.370 e. The number of anilines is 1. The van der Waals surface area contributed by atoms with E-state index in [9.17, 15) is 0 Å². The van der Waals surface area contributed by atoms with Crippen molar-refractivity contribution < 1.29 is 0 Å². The number of allylic oxidation sites excluding steroid dienone is 1. The summed E-state index contributed by atoms with van der Waals surface area (Å²) in [5.41, 5.74) is 15.5. The highest BCUT2D eigenvalue weighted by molar-refractivity contribution is 5.95. The number of nitrogens with zero attached hydrogens (tertiary/aromatic N) is 2. The van der Waals surface area contributed by atoms with Gasteiger partial charge >= 0.3 is 0 Å². The van der Waals surface area contributed by atoms with Gasteiger partial charge in [0.1, 0.15) is 0 Å². The number of hydrazone groups is 1. The molecular formula is C15H24ClN7. The van der Waals surface area contributed by atoms with Crippen LogP contribution in [-0.2, 0) is 0 Å². The van der Waals surface area contributed by atoms with Crippen LogP contribution in [0.15, 0.2) is 40.4 Å². The molecule has 126 valence electrons. The maximum Gasteiger partial charge on any atom is 0.195 e. The van der Waals surface area contributed by atoms with Crippen molar-refractivity contribution in [2.75, 3.05) is 12.0 Å². The lowest BCUT2D eigenvalue weighted by atomic mass is 10.2. The molecule has 0 aromatic heterocycles. The van der Waals surface area contributed by atoms with Gasteiger partial charge in [-0.15, -0.1) is 12.4 Å². The molecule has 7 nitrogen and oxygen atoms in total. The Bertz CT molecular complexity index is 567. The summed E-state index contributed by atoms with van der Waals surface area (Å²) in [5.74, 6) is 0.0358. The Balaban J connectivity index is 0.000000403. The van der Waals surface area contributed by atoms with E-state index in [4.69, 9.17) is 16.9 Å². The number of nitrogens with one attached hydrogen (secondary N) is 3. The molecule has 0 atom stereocenters. The molecular weight excluding hydrogens is 314 g/mol. The molecule has 23 heavy (non-hydrogen) atoms. The third-order valence-electron chi connectivity index (χ3n) is 2.64. The third kappa shape index (κ3) is 9.15. The molecule has 8 heteroatoms. The summed E-state index contributed by atoms with van der Waals surface area (Å²) < 4.78 is 0. The molecule has 1 heterocycles. The van der Waals surface area contributed by atoms with Gasteiger partial charge in [-0.25, -0.2) is 0 Å². The monoisotopic (exact) mass is 337 g/mol. The van der Waals surface area contributed by atoms with Gasteiger partial charge in [0.25, 0.3) is 0 Å². The van der Waals surface area contributed by atoms with Crippen molar-refractivity contribution in [1.29, 1.82) is 5.41 Å². The summed E-state index contributed by atoms with van der Waals surface area (Å²) >= 11 is 0. The number of para-hydroxylation sites is 1. The van der Waals surface area contributed by atoms with Crippen LogP contribution in [0, 0.1) is 5.41 Å².